The molecule has 0 bridgehead atoms. The molecule has 0 saturated carbocycles. The van der Waals surface area contributed by atoms with Crippen LogP contribution in [0.1, 0.15) is 5.56 Å². The summed E-state index contributed by atoms with van der Waals surface area (Å²) in [6.07, 6.45) is 0. The normalized spacial score (nSPS) is 11.2. The van der Waals surface area contributed by atoms with Crippen LogP contribution in [0.4, 0.5) is 14.5 Å². The van der Waals surface area contributed by atoms with E-state index in [1.165, 1.54) is 73.5 Å². The van der Waals surface area contributed by atoms with Gasteiger partial charge in [-0.3, -0.25) is 9.10 Å². The Bertz CT molecular complexity index is 1250. The topological polar surface area (TPSA) is 75.7 Å². The van der Waals surface area contributed by atoms with Crippen LogP contribution >= 0.6 is 23.4 Å². The van der Waals surface area contributed by atoms with Gasteiger partial charge in [0, 0.05) is 28.6 Å². The third-order valence-electron chi connectivity index (χ3n) is 4.93. The number of benzene rings is 3. The molecule has 6 nitrogen and oxygen atoms in total. The van der Waals surface area contributed by atoms with E-state index in [9.17, 15) is 22.0 Å². The summed E-state index contributed by atoms with van der Waals surface area (Å²) in [5.41, 5.74) is 0.129. The molecule has 1 amide bonds. The number of halogens is 3. The van der Waals surface area contributed by atoms with Crippen molar-refractivity contribution < 1.29 is 26.7 Å². The molecule has 3 rings (SSSR count). The number of anilines is 1. The Balaban J connectivity index is 1.67. The highest BCUT2D eigenvalue weighted by Crippen LogP contribution is 2.27. The quantitative estimate of drug-likeness (QED) is 0.351. The standard InChI is InChI=1S/C24H23ClF2N2O4S2/c1-33-17-9-11-18(12-10-17)35(31,32)29(23-8-3-2-6-22(23)27)15-24(30)28-13-14-34-16-19-20(25)5-4-7-21(19)26/h2-12H,13-16H2,1H3,(H,28,30). The minimum atomic E-state index is -4.26. The molecule has 0 atom stereocenters. The minimum absolute atomic E-state index is 0.119. The second-order valence-corrected chi connectivity index (χ2v) is 10.6. The molecule has 0 aliphatic rings. The van der Waals surface area contributed by atoms with Gasteiger partial charge in [-0.05, 0) is 48.5 Å². The molecule has 0 radical (unpaired) electrons. The number of nitrogens with one attached hydrogen (secondary N) is 1. The fourth-order valence-corrected chi connectivity index (χ4v) is 5.75. The predicted molar refractivity (Wildman–Crippen MR) is 135 cm³/mol. The molecule has 0 unspecified atom stereocenters. The van der Waals surface area contributed by atoms with Crippen molar-refractivity contribution in [3.8, 4) is 5.75 Å². The zero-order valence-electron chi connectivity index (χ0n) is 18.7. The molecule has 35 heavy (non-hydrogen) atoms. The van der Waals surface area contributed by atoms with Crippen molar-refractivity contribution in [2.24, 2.45) is 0 Å². The van der Waals surface area contributed by atoms with Crippen molar-refractivity contribution in [2.45, 2.75) is 10.6 Å². The molecule has 11 heteroatoms. The van der Waals surface area contributed by atoms with Crippen molar-refractivity contribution in [1.82, 2.24) is 5.32 Å². The Labute approximate surface area is 212 Å². The minimum Gasteiger partial charge on any atom is -0.497 e. The Hall–Kier alpha value is -2.82. The van der Waals surface area contributed by atoms with Gasteiger partial charge in [-0.1, -0.05) is 29.8 Å². The van der Waals surface area contributed by atoms with Gasteiger partial charge in [0.15, 0.2) is 0 Å². The van der Waals surface area contributed by atoms with E-state index in [1.807, 2.05) is 0 Å². The summed E-state index contributed by atoms with van der Waals surface area (Å²) in [4.78, 5) is 12.5. The Morgan fingerprint density at radius 2 is 1.71 bits per heavy atom. The van der Waals surface area contributed by atoms with Gasteiger partial charge in [0.05, 0.1) is 17.7 Å². The molecular formula is C24H23ClF2N2O4S2. The van der Waals surface area contributed by atoms with Gasteiger partial charge in [-0.15, -0.1) is 0 Å². The van der Waals surface area contributed by atoms with Crippen molar-refractivity contribution >= 4 is 45.0 Å². The number of thioether (sulfide) groups is 1. The van der Waals surface area contributed by atoms with Crippen molar-refractivity contribution in [3.05, 3.63) is 89.0 Å². The van der Waals surface area contributed by atoms with Crippen molar-refractivity contribution in [2.75, 3.05) is 30.3 Å². The number of hydrogen-bond donors (Lipinski definition) is 1. The van der Waals surface area contributed by atoms with E-state index in [2.05, 4.69) is 5.32 Å². The summed E-state index contributed by atoms with van der Waals surface area (Å²) in [7, 11) is -2.81. The first-order valence-corrected chi connectivity index (χ1v) is 13.4. The smallest absolute Gasteiger partial charge is 0.264 e. The van der Waals surface area contributed by atoms with Gasteiger partial charge in [0.1, 0.15) is 23.9 Å². The molecule has 3 aromatic carbocycles. The largest absolute Gasteiger partial charge is 0.497 e. The molecule has 186 valence electrons. The van der Waals surface area contributed by atoms with Crippen LogP contribution in [0.2, 0.25) is 5.02 Å². The van der Waals surface area contributed by atoms with E-state index in [4.69, 9.17) is 16.3 Å². The van der Waals surface area contributed by atoms with E-state index in [1.54, 1.807) is 6.07 Å². The fourth-order valence-electron chi connectivity index (χ4n) is 3.12. The number of carbonyl (C=O) groups excluding carboxylic acids is 1. The van der Waals surface area contributed by atoms with E-state index in [-0.39, 0.29) is 17.1 Å². The van der Waals surface area contributed by atoms with Crippen LogP contribution in [0.15, 0.2) is 71.6 Å². The molecule has 3 aromatic rings. The first-order valence-electron chi connectivity index (χ1n) is 10.4. The second-order valence-electron chi connectivity index (χ2n) is 7.24. The third kappa shape index (κ3) is 6.87. The number of ether oxygens (including phenoxy) is 1. The fraction of sp³-hybridized carbons (Fsp3) is 0.208. The van der Waals surface area contributed by atoms with Gasteiger partial charge in [-0.25, -0.2) is 17.2 Å². The highest BCUT2D eigenvalue weighted by molar-refractivity contribution is 7.98. The lowest BCUT2D eigenvalue weighted by atomic mass is 10.2. The average molecular weight is 541 g/mol. The Morgan fingerprint density at radius 3 is 2.37 bits per heavy atom. The number of sulfonamides is 1. The highest BCUT2D eigenvalue weighted by Gasteiger charge is 2.29. The SMILES string of the molecule is COc1ccc(S(=O)(=O)N(CC(=O)NCCSCc2c(F)cccc2Cl)c2ccccc2F)cc1. The molecule has 0 aromatic heterocycles. The predicted octanol–water partition coefficient (Wildman–Crippen LogP) is 4.87. The molecule has 0 aliphatic carbocycles. The van der Waals surface area contributed by atoms with Gasteiger partial charge in [-0.2, -0.15) is 11.8 Å². The summed E-state index contributed by atoms with van der Waals surface area (Å²) >= 11 is 7.37. The monoisotopic (exact) mass is 540 g/mol. The van der Waals surface area contributed by atoms with Gasteiger partial charge in [0.2, 0.25) is 5.91 Å². The molecule has 0 saturated heterocycles. The van der Waals surface area contributed by atoms with Crippen molar-refractivity contribution in [3.63, 3.8) is 0 Å². The number of methoxy groups -OCH3 is 1. The van der Waals surface area contributed by atoms with Crippen LogP contribution in [-0.2, 0) is 20.6 Å². The lowest BCUT2D eigenvalue weighted by Crippen LogP contribution is -2.41. The zero-order valence-corrected chi connectivity index (χ0v) is 21.1. The van der Waals surface area contributed by atoms with Crippen LogP contribution in [0, 0.1) is 11.6 Å². The number of amides is 1. The molecular weight excluding hydrogens is 518 g/mol. The molecule has 0 spiro atoms. The van der Waals surface area contributed by atoms with Crippen LogP contribution in [-0.4, -0.2) is 40.3 Å². The van der Waals surface area contributed by atoms with Gasteiger partial charge in [0.25, 0.3) is 10.0 Å². The summed E-state index contributed by atoms with van der Waals surface area (Å²) in [6, 6.07) is 15.3. The maximum Gasteiger partial charge on any atom is 0.264 e. The highest BCUT2D eigenvalue weighted by atomic mass is 35.5. The van der Waals surface area contributed by atoms with Crippen molar-refractivity contribution in [1.29, 1.82) is 0 Å². The van der Waals surface area contributed by atoms with Gasteiger partial charge < -0.3 is 10.1 Å². The summed E-state index contributed by atoms with van der Waals surface area (Å²) < 4.78 is 60.8. The Kier molecular flexibility index (Phi) is 9.36. The number of para-hydroxylation sites is 1. The average Bonchev–Trinajstić information content (AvgIpc) is 2.84. The number of carbonyl (C=O) groups is 1. The molecule has 1 N–H and O–H groups in total. The van der Waals surface area contributed by atoms with Crippen LogP contribution in [0.3, 0.4) is 0 Å². The summed E-state index contributed by atoms with van der Waals surface area (Å²) in [6.45, 7) is -0.428. The summed E-state index contributed by atoms with van der Waals surface area (Å²) in [5, 5.41) is 2.95. The molecule has 0 fully saturated rings. The van der Waals surface area contributed by atoms with E-state index >= 15 is 0 Å². The van der Waals surface area contributed by atoms with Crippen LogP contribution in [0.5, 0.6) is 5.75 Å². The number of hydrogen-bond acceptors (Lipinski definition) is 5. The van der Waals surface area contributed by atoms with Crippen LogP contribution < -0.4 is 14.4 Å². The third-order valence-corrected chi connectivity index (χ3v) is 8.05. The molecule has 0 aliphatic heterocycles. The lowest BCUT2D eigenvalue weighted by Gasteiger charge is -2.24. The first-order chi connectivity index (χ1) is 16.7. The van der Waals surface area contributed by atoms with E-state index in [0.29, 0.717) is 27.8 Å². The lowest BCUT2D eigenvalue weighted by molar-refractivity contribution is -0.119. The van der Waals surface area contributed by atoms with E-state index in [0.717, 1.165) is 10.4 Å². The maximum absolute atomic E-state index is 14.5. The molecule has 0 heterocycles. The van der Waals surface area contributed by atoms with Gasteiger partial charge >= 0.3 is 0 Å². The van der Waals surface area contributed by atoms with Crippen LogP contribution in [0.25, 0.3) is 0 Å². The number of nitrogens with zero attached hydrogens (tertiary/aromatic N) is 1. The first kappa shape index (κ1) is 26.8. The number of rotatable bonds is 11. The summed E-state index contributed by atoms with van der Waals surface area (Å²) in [5.74, 6) is -0.605. The Morgan fingerprint density at radius 1 is 1.03 bits per heavy atom. The second kappa shape index (κ2) is 12.2. The van der Waals surface area contributed by atoms with E-state index < -0.39 is 34.1 Å². The maximum atomic E-state index is 14.5. The zero-order chi connectivity index (χ0) is 25.4.